The molecule has 1 fully saturated rings. The maximum atomic E-state index is 13.4. The molecular weight excluding hydrogens is 344 g/mol. The maximum absolute atomic E-state index is 13.4. The molecule has 0 amide bonds. The van der Waals surface area contributed by atoms with Crippen LogP contribution < -0.4 is 0 Å². The van der Waals surface area contributed by atoms with E-state index in [2.05, 4.69) is 60.7 Å². The van der Waals surface area contributed by atoms with Crippen molar-refractivity contribution in [3.63, 3.8) is 0 Å². The lowest BCUT2D eigenvalue weighted by Gasteiger charge is -2.44. The van der Waals surface area contributed by atoms with E-state index >= 15 is 0 Å². The Hall–Kier alpha value is -2.61. The number of rotatable bonds is 2. The average Bonchev–Trinajstić information content (AvgIpc) is 3.22. The third-order valence-electron chi connectivity index (χ3n) is 6.75. The third kappa shape index (κ3) is 2.83. The van der Waals surface area contributed by atoms with Crippen LogP contribution in [0.2, 0.25) is 0 Å². The summed E-state index contributed by atoms with van der Waals surface area (Å²) in [4.78, 5) is 13.4. The van der Waals surface area contributed by atoms with E-state index in [-0.39, 0.29) is 17.3 Å². The van der Waals surface area contributed by atoms with Gasteiger partial charge in [0.2, 0.25) is 0 Å². The number of allylic oxidation sites excluding steroid dienone is 2. The van der Waals surface area contributed by atoms with Gasteiger partial charge in [-0.1, -0.05) is 73.5 Å². The largest absolute Gasteiger partial charge is 0.426 e. The standard InChI is InChI=1S/C26H26O2/c27-25-26(16-7-8-17-26)23(20-12-5-2-6-13-20)22-15-9-14-21(24(22)28-25)18-19-10-3-1-4-11-19/h1-6,10-13,18,23H,7-9,14-17H2. The SMILES string of the molecule is O=C1OC2=C(CCCC2=Cc2ccccc2)C(c2ccccc2)C12CCCC2. The van der Waals surface area contributed by atoms with Crippen LogP contribution in [0.1, 0.15) is 62.0 Å². The van der Waals surface area contributed by atoms with Gasteiger partial charge >= 0.3 is 5.97 Å². The zero-order valence-corrected chi connectivity index (χ0v) is 16.2. The van der Waals surface area contributed by atoms with Crippen molar-refractivity contribution < 1.29 is 9.53 Å². The van der Waals surface area contributed by atoms with Crippen LogP contribution in [-0.4, -0.2) is 5.97 Å². The van der Waals surface area contributed by atoms with Crippen molar-refractivity contribution in [1.29, 1.82) is 0 Å². The molecule has 0 aromatic heterocycles. The molecule has 1 heterocycles. The number of ether oxygens (including phenoxy) is 1. The first kappa shape index (κ1) is 17.5. The van der Waals surface area contributed by atoms with E-state index in [0.29, 0.717) is 0 Å². The maximum Gasteiger partial charge on any atom is 0.318 e. The minimum atomic E-state index is -0.366. The van der Waals surface area contributed by atoms with E-state index < -0.39 is 0 Å². The van der Waals surface area contributed by atoms with Crippen LogP contribution in [-0.2, 0) is 9.53 Å². The highest BCUT2D eigenvalue weighted by atomic mass is 16.5. The van der Waals surface area contributed by atoms with Gasteiger partial charge in [0.05, 0.1) is 5.41 Å². The van der Waals surface area contributed by atoms with Crippen molar-refractivity contribution in [2.24, 2.45) is 5.41 Å². The molecular formula is C26H26O2. The van der Waals surface area contributed by atoms with E-state index in [4.69, 9.17) is 4.74 Å². The summed E-state index contributed by atoms with van der Waals surface area (Å²) < 4.78 is 6.14. The van der Waals surface area contributed by atoms with Crippen molar-refractivity contribution >= 4 is 12.0 Å². The molecule has 2 nitrogen and oxygen atoms in total. The van der Waals surface area contributed by atoms with Crippen molar-refractivity contribution in [3.8, 4) is 0 Å². The van der Waals surface area contributed by atoms with Crippen LogP contribution in [0.25, 0.3) is 6.08 Å². The lowest BCUT2D eigenvalue weighted by atomic mass is 9.63. The summed E-state index contributed by atoms with van der Waals surface area (Å²) in [5.41, 5.74) is 4.60. The number of esters is 1. The number of hydrogen-bond donors (Lipinski definition) is 0. The first-order valence-electron chi connectivity index (χ1n) is 10.5. The quantitative estimate of drug-likeness (QED) is 0.571. The molecule has 1 saturated carbocycles. The Labute approximate surface area is 166 Å². The number of carbonyl (C=O) groups is 1. The second-order valence-electron chi connectivity index (χ2n) is 8.38. The van der Waals surface area contributed by atoms with Crippen LogP contribution in [0.5, 0.6) is 0 Å². The normalized spacial score (nSPS) is 25.1. The molecule has 0 radical (unpaired) electrons. The highest BCUT2D eigenvalue weighted by molar-refractivity contribution is 5.84. The van der Waals surface area contributed by atoms with Gasteiger partial charge < -0.3 is 4.74 Å². The Balaban J connectivity index is 1.66. The Morgan fingerprint density at radius 3 is 2.25 bits per heavy atom. The van der Waals surface area contributed by atoms with E-state index in [1.807, 2.05) is 6.07 Å². The molecule has 0 N–H and O–H groups in total. The Morgan fingerprint density at radius 1 is 0.857 bits per heavy atom. The second kappa shape index (κ2) is 7.09. The molecule has 0 saturated heterocycles. The predicted molar refractivity (Wildman–Crippen MR) is 111 cm³/mol. The molecule has 3 aliphatic rings. The highest BCUT2D eigenvalue weighted by Gasteiger charge is 2.54. The predicted octanol–water partition coefficient (Wildman–Crippen LogP) is 6.41. The lowest BCUT2D eigenvalue weighted by molar-refractivity contribution is -0.154. The minimum absolute atomic E-state index is 0.00142. The van der Waals surface area contributed by atoms with Crippen LogP contribution in [0.4, 0.5) is 0 Å². The van der Waals surface area contributed by atoms with Crippen molar-refractivity contribution in [1.82, 2.24) is 0 Å². The van der Waals surface area contributed by atoms with Crippen LogP contribution in [0, 0.1) is 5.41 Å². The van der Waals surface area contributed by atoms with Crippen LogP contribution in [0.15, 0.2) is 77.6 Å². The van der Waals surface area contributed by atoms with Crippen LogP contribution >= 0.6 is 0 Å². The van der Waals surface area contributed by atoms with Gasteiger partial charge in [-0.3, -0.25) is 4.79 Å². The van der Waals surface area contributed by atoms with Gasteiger partial charge in [-0.05, 0) is 60.5 Å². The molecule has 28 heavy (non-hydrogen) atoms. The summed E-state index contributed by atoms with van der Waals surface area (Å²) >= 11 is 0. The Bertz CT molecular complexity index is 931. The fourth-order valence-corrected chi connectivity index (χ4v) is 5.51. The summed E-state index contributed by atoms with van der Waals surface area (Å²) in [6.07, 6.45) is 9.44. The molecule has 5 rings (SSSR count). The van der Waals surface area contributed by atoms with Gasteiger partial charge in [-0.15, -0.1) is 0 Å². The molecule has 2 aliphatic carbocycles. The zero-order valence-electron chi connectivity index (χ0n) is 16.2. The van der Waals surface area contributed by atoms with Gasteiger partial charge in [0.15, 0.2) is 0 Å². The average molecular weight is 370 g/mol. The number of benzene rings is 2. The van der Waals surface area contributed by atoms with Gasteiger partial charge in [-0.25, -0.2) is 0 Å². The first-order chi connectivity index (χ1) is 13.8. The van der Waals surface area contributed by atoms with Gasteiger partial charge in [0.1, 0.15) is 5.76 Å². The first-order valence-corrected chi connectivity index (χ1v) is 10.5. The summed E-state index contributed by atoms with van der Waals surface area (Å²) in [5, 5.41) is 0. The number of hydrogen-bond acceptors (Lipinski definition) is 2. The Morgan fingerprint density at radius 2 is 1.54 bits per heavy atom. The van der Waals surface area contributed by atoms with Crippen LogP contribution in [0.3, 0.4) is 0 Å². The minimum Gasteiger partial charge on any atom is -0.426 e. The van der Waals surface area contributed by atoms with Gasteiger partial charge in [0.25, 0.3) is 0 Å². The van der Waals surface area contributed by atoms with E-state index in [9.17, 15) is 4.79 Å². The lowest BCUT2D eigenvalue weighted by Crippen LogP contribution is -2.42. The molecule has 2 aromatic carbocycles. The fraction of sp³-hybridized carbons (Fsp3) is 0.346. The Kier molecular flexibility index (Phi) is 4.43. The summed E-state index contributed by atoms with van der Waals surface area (Å²) in [5.74, 6) is 1.02. The topological polar surface area (TPSA) is 26.3 Å². The molecule has 0 bridgehead atoms. The molecule has 1 spiro atoms. The second-order valence-corrected chi connectivity index (χ2v) is 8.38. The molecule has 1 aliphatic heterocycles. The fourth-order valence-electron chi connectivity index (χ4n) is 5.51. The van der Waals surface area contributed by atoms with E-state index in [0.717, 1.165) is 50.7 Å². The van der Waals surface area contributed by atoms with E-state index in [1.165, 1.54) is 22.3 Å². The van der Waals surface area contributed by atoms with Crippen molar-refractivity contribution in [2.75, 3.05) is 0 Å². The molecule has 2 aromatic rings. The summed E-state index contributed by atoms with van der Waals surface area (Å²) in [6, 6.07) is 21.0. The van der Waals surface area contributed by atoms with E-state index in [1.54, 1.807) is 0 Å². The van der Waals surface area contributed by atoms with Crippen molar-refractivity contribution in [3.05, 3.63) is 88.7 Å². The molecule has 142 valence electrons. The smallest absolute Gasteiger partial charge is 0.318 e. The summed E-state index contributed by atoms with van der Waals surface area (Å²) in [6.45, 7) is 0. The third-order valence-corrected chi connectivity index (χ3v) is 6.75. The van der Waals surface area contributed by atoms with Gasteiger partial charge in [0, 0.05) is 5.92 Å². The monoisotopic (exact) mass is 370 g/mol. The van der Waals surface area contributed by atoms with Crippen molar-refractivity contribution in [2.45, 2.75) is 50.9 Å². The zero-order chi connectivity index (χ0) is 19.0. The molecule has 1 atom stereocenters. The number of carbonyl (C=O) groups excluding carboxylic acids is 1. The summed E-state index contributed by atoms with van der Waals surface area (Å²) in [7, 11) is 0. The molecule has 1 unspecified atom stereocenters. The molecule has 2 heteroatoms. The highest BCUT2D eigenvalue weighted by Crippen LogP contribution is 2.58. The van der Waals surface area contributed by atoms with Gasteiger partial charge in [-0.2, -0.15) is 0 Å².